The molecule has 5 nitrogen and oxygen atoms in total. The Bertz CT molecular complexity index is 615. The molecule has 1 heterocycles. The molecule has 142 valence electrons. The van der Waals surface area contributed by atoms with Crippen molar-refractivity contribution >= 4 is 11.8 Å². The average molecular weight is 358 g/mol. The molecule has 0 bridgehead atoms. The zero-order chi connectivity index (χ0) is 18.5. The highest BCUT2D eigenvalue weighted by molar-refractivity contribution is 5.94. The molecule has 2 aliphatic rings. The van der Waals surface area contributed by atoms with E-state index in [1.807, 2.05) is 29.2 Å². The van der Waals surface area contributed by atoms with Crippen LogP contribution in [0.15, 0.2) is 24.3 Å². The van der Waals surface area contributed by atoms with Gasteiger partial charge in [-0.2, -0.15) is 0 Å². The van der Waals surface area contributed by atoms with Gasteiger partial charge in [0, 0.05) is 31.1 Å². The number of carbonyl (C=O) groups is 2. The van der Waals surface area contributed by atoms with Crippen LogP contribution in [0.2, 0.25) is 0 Å². The Hall–Kier alpha value is -2.04. The molecule has 0 aromatic heterocycles. The van der Waals surface area contributed by atoms with Gasteiger partial charge in [-0.15, -0.1) is 0 Å². The molecular weight excluding hydrogens is 328 g/mol. The van der Waals surface area contributed by atoms with Crippen molar-refractivity contribution in [3.05, 3.63) is 29.8 Å². The van der Waals surface area contributed by atoms with E-state index >= 15 is 0 Å². The second-order valence-electron chi connectivity index (χ2n) is 8.01. The van der Waals surface area contributed by atoms with Gasteiger partial charge in [-0.05, 0) is 61.8 Å². The lowest BCUT2D eigenvalue weighted by Gasteiger charge is -2.32. The summed E-state index contributed by atoms with van der Waals surface area (Å²) < 4.78 is 5.90. The molecule has 1 aromatic rings. The first-order chi connectivity index (χ1) is 12.5. The summed E-state index contributed by atoms with van der Waals surface area (Å²) in [6.07, 6.45) is 4.81. The molecule has 0 spiro atoms. The minimum absolute atomic E-state index is 0.00233. The number of nitrogens with one attached hydrogen (secondary N) is 1. The topological polar surface area (TPSA) is 58.6 Å². The van der Waals surface area contributed by atoms with Gasteiger partial charge >= 0.3 is 0 Å². The van der Waals surface area contributed by atoms with E-state index in [1.165, 1.54) is 0 Å². The Morgan fingerprint density at radius 1 is 1.12 bits per heavy atom. The number of ether oxygens (including phenoxy) is 1. The molecule has 0 radical (unpaired) electrons. The number of likely N-dealkylation sites (tertiary alicyclic amines) is 1. The van der Waals surface area contributed by atoms with Crippen LogP contribution in [0.4, 0.5) is 0 Å². The zero-order valence-electron chi connectivity index (χ0n) is 15.9. The predicted molar refractivity (Wildman–Crippen MR) is 101 cm³/mol. The molecule has 0 unspecified atom stereocenters. The van der Waals surface area contributed by atoms with E-state index in [4.69, 9.17) is 4.74 Å². The van der Waals surface area contributed by atoms with Crippen molar-refractivity contribution in [3.8, 4) is 5.75 Å². The third kappa shape index (κ3) is 5.48. The largest absolute Gasteiger partial charge is 0.493 e. The minimum atomic E-state index is -0.00233. The molecule has 2 fully saturated rings. The molecule has 0 atom stereocenters. The third-order valence-electron chi connectivity index (χ3n) is 5.06. The number of piperidine rings is 1. The maximum Gasteiger partial charge on any atom is 0.251 e. The van der Waals surface area contributed by atoms with Crippen LogP contribution in [0.5, 0.6) is 5.75 Å². The lowest BCUT2D eigenvalue weighted by Crippen LogP contribution is -2.40. The number of nitrogens with zero attached hydrogens (tertiary/aromatic N) is 1. The van der Waals surface area contributed by atoms with Gasteiger partial charge in [-0.25, -0.2) is 0 Å². The van der Waals surface area contributed by atoms with Crippen molar-refractivity contribution in [1.29, 1.82) is 0 Å². The molecule has 1 aromatic carbocycles. The SMILES string of the molecule is CC(C)CC(=O)N1CCC(COc2ccc(C(=O)NC3CC3)cc2)CC1. The van der Waals surface area contributed by atoms with E-state index in [2.05, 4.69) is 19.2 Å². The number of benzene rings is 1. The van der Waals surface area contributed by atoms with Gasteiger partial charge in [-0.3, -0.25) is 9.59 Å². The van der Waals surface area contributed by atoms with Gasteiger partial charge in [0.05, 0.1) is 6.61 Å². The first-order valence-corrected chi connectivity index (χ1v) is 9.82. The van der Waals surface area contributed by atoms with Gasteiger partial charge in [0.25, 0.3) is 5.91 Å². The number of hydrogen-bond acceptors (Lipinski definition) is 3. The Morgan fingerprint density at radius 3 is 2.35 bits per heavy atom. The van der Waals surface area contributed by atoms with E-state index in [0.29, 0.717) is 36.5 Å². The third-order valence-corrected chi connectivity index (χ3v) is 5.06. The number of rotatable bonds is 7. The van der Waals surface area contributed by atoms with Crippen molar-refractivity contribution in [2.24, 2.45) is 11.8 Å². The fourth-order valence-corrected chi connectivity index (χ4v) is 3.24. The first kappa shape index (κ1) is 18.7. The van der Waals surface area contributed by atoms with Crippen molar-refractivity contribution in [2.75, 3.05) is 19.7 Å². The van der Waals surface area contributed by atoms with Gasteiger partial charge in [0.2, 0.25) is 5.91 Å². The molecule has 1 aliphatic heterocycles. The van der Waals surface area contributed by atoms with Crippen LogP contribution in [-0.2, 0) is 4.79 Å². The fourth-order valence-electron chi connectivity index (χ4n) is 3.24. The highest BCUT2D eigenvalue weighted by Gasteiger charge is 2.24. The molecule has 1 aliphatic carbocycles. The average Bonchev–Trinajstić information content (AvgIpc) is 3.44. The summed E-state index contributed by atoms with van der Waals surface area (Å²) in [6, 6.07) is 7.74. The standard InChI is InChI=1S/C21H30N2O3/c1-15(2)13-20(24)23-11-9-16(10-12-23)14-26-19-7-3-17(4-8-19)21(25)22-18-5-6-18/h3-4,7-8,15-16,18H,5-6,9-14H2,1-2H3,(H,22,25). The summed E-state index contributed by atoms with van der Waals surface area (Å²) in [5, 5.41) is 2.99. The quantitative estimate of drug-likeness (QED) is 0.814. The van der Waals surface area contributed by atoms with E-state index in [-0.39, 0.29) is 11.8 Å². The fraction of sp³-hybridized carbons (Fsp3) is 0.619. The molecule has 5 heteroatoms. The number of hydrogen-bond donors (Lipinski definition) is 1. The second-order valence-corrected chi connectivity index (χ2v) is 8.01. The van der Waals surface area contributed by atoms with Crippen LogP contribution in [-0.4, -0.2) is 42.5 Å². The molecule has 2 amide bonds. The number of amides is 2. The van der Waals surface area contributed by atoms with Crippen LogP contribution >= 0.6 is 0 Å². The zero-order valence-corrected chi connectivity index (χ0v) is 15.9. The van der Waals surface area contributed by atoms with E-state index < -0.39 is 0 Å². The summed E-state index contributed by atoms with van der Waals surface area (Å²) in [5.74, 6) is 1.97. The van der Waals surface area contributed by atoms with Crippen molar-refractivity contribution in [1.82, 2.24) is 10.2 Å². The van der Waals surface area contributed by atoms with Gasteiger partial charge in [0.1, 0.15) is 5.75 Å². The molecule has 26 heavy (non-hydrogen) atoms. The Kier molecular flexibility index (Phi) is 6.17. The van der Waals surface area contributed by atoms with Crippen LogP contribution in [0.3, 0.4) is 0 Å². The normalized spacial score (nSPS) is 18.0. The molecular formula is C21H30N2O3. The van der Waals surface area contributed by atoms with Gasteiger partial charge < -0.3 is 15.0 Å². The Morgan fingerprint density at radius 2 is 1.77 bits per heavy atom. The highest BCUT2D eigenvalue weighted by Crippen LogP contribution is 2.22. The molecule has 1 saturated carbocycles. The van der Waals surface area contributed by atoms with Gasteiger partial charge in [-0.1, -0.05) is 13.8 Å². The number of carbonyl (C=O) groups excluding carboxylic acids is 2. The lowest BCUT2D eigenvalue weighted by atomic mass is 9.97. The smallest absolute Gasteiger partial charge is 0.251 e. The highest BCUT2D eigenvalue weighted by atomic mass is 16.5. The second kappa shape index (κ2) is 8.56. The summed E-state index contributed by atoms with van der Waals surface area (Å²) in [6.45, 7) is 6.50. The molecule has 1 saturated heterocycles. The molecule has 1 N–H and O–H groups in total. The minimum Gasteiger partial charge on any atom is -0.493 e. The summed E-state index contributed by atoms with van der Waals surface area (Å²) in [4.78, 5) is 26.1. The van der Waals surface area contributed by atoms with Crippen LogP contribution in [0.1, 0.15) is 56.3 Å². The maximum atomic E-state index is 12.1. The van der Waals surface area contributed by atoms with Gasteiger partial charge in [0.15, 0.2) is 0 Å². The van der Waals surface area contributed by atoms with E-state index in [0.717, 1.165) is 44.5 Å². The summed E-state index contributed by atoms with van der Waals surface area (Å²) in [7, 11) is 0. The van der Waals surface area contributed by atoms with Crippen molar-refractivity contribution in [2.45, 2.75) is 52.0 Å². The van der Waals surface area contributed by atoms with Crippen LogP contribution in [0, 0.1) is 11.8 Å². The molecule has 3 rings (SSSR count). The van der Waals surface area contributed by atoms with Crippen LogP contribution < -0.4 is 10.1 Å². The predicted octanol–water partition coefficient (Wildman–Crippen LogP) is 3.24. The van der Waals surface area contributed by atoms with Crippen molar-refractivity contribution < 1.29 is 14.3 Å². The van der Waals surface area contributed by atoms with E-state index in [1.54, 1.807) is 0 Å². The van der Waals surface area contributed by atoms with E-state index in [9.17, 15) is 9.59 Å². The van der Waals surface area contributed by atoms with Crippen molar-refractivity contribution in [3.63, 3.8) is 0 Å². The summed E-state index contributed by atoms with van der Waals surface area (Å²) >= 11 is 0. The monoisotopic (exact) mass is 358 g/mol. The Labute approximate surface area is 156 Å². The first-order valence-electron chi connectivity index (χ1n) is 9.82. The lowest BCUT2D eigenvalue weighted by molar-refractivity contribution is -0.133. The Balaban J connectivity index is 1.39. The van der Waals surface area contributed by atoms with Crippen LogP contribution in [0.25, 0.3) is 0 Å². The summed E-state index contributed by atoms with van der Waals surface area (Å²) in [5.41, 5.74) is 0.682. The maximum absolute atomic E-state index is 12.1.